The first-order valence-corrected chi connectivity index (χ1v) is 7.13. The second-order valence-electron chi connectivity index (χ2n) is 4.65. The van der Waals surface area contributed by atoms with E-state index in [4.69, 9.17) is 4.42 Å². The lowest BCUT2D eigenvalue weighted by Crippen LogP contribution is -2.30. The standard InChI is InChI=1S/C13H12N2O4S/c16-13(8-6-12(15(17)18)20-7-8)14-10-2-1-3-11-9(10)4-5-19-11/h4-7,10H,1-3H2,(H,14,16). The normalized spacial score (nSPS) is 17.5. The lowest BCUT2D eigenvalue weighted by Gasteiger charge is -2.22. The molecule has 3 rings (SSSR count). The van der Waals surface area contributed by atoms with Crippen LogP contribution in [0.5, 0.6) is 0 Å². The van der Waals surface area contributed by atoms with Gasteiger partial charge in [0.25, 0.3) is 5.91 Å². The molecule has 0 fully saturated rings. The van der Waals surface area contributed by atoms with E-state index in [2.05, 4.69) is 5.32 Å². The molecule has 7 heteroatoms. The third kappa shape index (κ3) is 2.32. The number of fused-ring (bicyclic) bond motifs is 1. The minimum absolute atomic E-state index is 0.0252. The first kappa shape index (κ1) is 12.9. The zero-order valence-corrected chi connectivity index (χ0v) is 11.3. The van der Waals surface area contributed by atoms with Gasteiger partial charge in [-0.15, -0.1) is 0 Å². The number of nitrogens with one attached hydrogen (secondary N) is 1. The molecule has 20 heavy (non-hydrogen) atoms. The Morgan fingerprint density at radius 2 is 2.40 bits per heavy atom. The van der Waals surface area contributed by atoms with Gasteiger partial charge in [-0.3, -0.25) is 14.9 Å². The van der Waals surface area contributed by atoms with Crippen LogP contribution >= 0.6 is 11.3 Å². The molecule has 0 aromatic carbocycles. The van der Waals surface area contributed by atoms with E-state index < -0.39 is 4.92 Å². The number of furan rings is 1. The van der Waals surface area contributed by atoms with Gasteiger partial charge in [-0.2, -0.15) is 0 Å². The fraction of sp³-hybridized carbons (Fsp3) is 0.308. The zero-order chi connectivity index (χ0) is 14.1. The fourth-order valence-electron chi connectivity index (χ4n) is 2.42. The number of carbonyl (C=O) groups excluding carboxylic acids is 1. The van der Waals surface area contributed by atoms with Crippen molar-refractivity contribution in [3.63, 3.8) is 0 Å². The Kier molecular flexibility index (Phi) is 3.27. The van der Waals surface area contributed by atoms with Crippen molar-refractivity contribution in [2.24, 2.45) is 0 Å². The van der Waals surface area contributed by atoms with Gasteiger partial charge in [0.2, 0.25) is 0 Å². The third-order valence-corrected chi connectivity index (χ3v) is 4.27. The van der Waals surface area contributed by atoms with Crippen molar-refractivity contribution < 1.29 is 14.1 Å². The molecular formula is C13H12N2O4S. The smallest absolute Gasteiger partial charge is 0.324 e. The third-order valence-electron chi connectivity index (χ3n) is 3.39. The van der Waals surface area contributed by atoms with Gasteiger partial charge in [-0.05, 0) is 18.9 Å². The van der Waals surface area contributed by atoms with Crippen molar-refractivity contribution in [2.75, 3.05) is 0 Å². The molecule has 104 valence electrons. The molecule has 6 nitrogen and oxygen atoms in total. The fourth-order valence-corrected chi connectivity index (χ4v) is 3.12. The number of nitrogens with zero attached hydrogens (tertiary/aromatic N) is 1. The first-order valence-electron chi connectivity index (χ1n) is 6.25. The van der Waals surface area contributed by atoms with Gasteiger partial charge in [0, 0.05) is 23.4 Å². The largest absolute Gasteiger partial charge is 0.469 e. The number of nitro groups is 1. The van der Waals surface area contributed by atoms with E-state index in [-0.39, 0.29) is 17.0 Å². The summed E-state index contributed by atoms with van der Waals surface area (Å²) in [5.74, 6) is 0.631. The van der Waals surface area contributed by atoms with E-state index in [1.54, 1.807) is 6.26 Å². The Morgan fingerprint density at radius 3 is 3.15 bits per heavy atom. The summed E-state index contributed by atoms with van der Waals surface area (Å²) in [6, 6.07) is 3.10. The van der Waals surface area contributed by atoms with Crippen LogP contribution in [0.3, 0.4) is 0 Å². The lowest BCUT2D eigenvalue weighted by molar-refractivity contribution is -0.380. The average molecular weight is 292 g/mol. The van der Waals surface area contributed by atoms with E-state index >= 15 is 0 Å². The molecule has 0 saturated carbocycles. The van der Waals surface area contributed by atoms with Gasteiger partial charge in [0.1, 0.15) is 5.76 Å². The number of rotatable bonds is 3. The number of hydrogen-bond acceptors (Lipinski definition) is 5. The van der Waals surface area contributed by atoms with Gasteiger partial charge < -0.3 is 9.73 Å². The maximum absolute atomic E-state index is 12.1. The zero-order valence-electron chi connectivity index (χ0n) is 10.5. The summed E-state index contributed by atoms with van der Waals surface area (Å²) >= 11 is 0.957. The summed E-state index contributed by atoms with van der Waals surface area (Å²) in [6.07, 6.45) is 4.32. The number of hydrogen-bond donors (Lipinski definition) is 1. The molecule has 1 atom stereocenters. The van der Waals surface area contributed by atoms with E-state index in [0.717, 1.165) is 41.9 Å². The molecule has 2 aromatic heterocycles. The molecule has 1 aliphatic rings. The maximum atomic E-state index is 12.1. The average Bonchev–Trinajstić information content (AvgIpc) is 3.08. The number of thiophene rings is 1. The highest BCUT2D eigenvalue weighted by atomic mass is 32.1. The minimum atomic E-state index is -0.490. The monoisotopic (exact) mass is 292 g/mol. The Bertz CT molecular complexity index is 661. The van der Waals surface area contributed by atoms with Crippen molar-refractivity contribution in [2.45, 2.75) is 25.3 Å². The minimum Gasteiger partial charge on any atom is -0.469 e. The molecule has 1 unspecified atom stereocenters. The molecule has 2 heterocycles. The predicted molar refractivity (Wildman–Crippen MR) is 72.8 cm³/mol. The lowest BCUT2D eigenvalue weighted by atomic mass is 9.93. The summed E-state index contributed by atoms with van der Waals surface area (Å²) in [5.41, 5.74) is 1.34. The molecule has 0 aliphatic heterocycles. The molecule has 1 N–H and O–H groups in total. The summed E-state index contributed by atoms with van der Waals surface area (Å²) in [5, 5.41) is 15.0. The van der Waals surface area contributed by atoms with Crippen molar-refractivity contribution in [3.8, 4) is 0 Å². The molecule has 1 amide bonds. The second kappa shape index (κ2) is 5.09. The molecule has 1 aliphatic carbocycles. The van der Waals surface area contributed by atoms with Gasteiger partial charge >= 0.3 is 5.00 Å². The van der Waals surface area contributed by atoms with E-state index in [1.807, 2.05) is 6.07 Å². The summed E-state index contributed by atoms with van der Waals surface area (Å²) < 4.78 is 5.37. The van der Waals surface area contributed by atoms with Gasteiger partial charge in [0.05, 0.1) is 22.8 Å². The summed E-state index contributed by atoms with van der Waals surface area (Å²) in [4.78, 5) is 22.3. The highest BCUT2D eigenvalue weighted by Gasteiger charge is 2.25. The topological polar surface area (TPSA) is 85.4 Å². The van der Waals surface area contributed by atoms with Crippen molar-refractivity contribution >= 4 is 22.2 Å². The van der Waals surface area contributed by atoms with Crippen LogP contribution in [-0.4, -0.2) is 10.8 Å². The van der Waals surface area contributed by atoms with E-state index in [0.29, 0.717) is 5.56 Å². The van der Waals surface area contributed by atoms with Crippen molar-refractivity contribution in [3.05, 3.63) is 50.8 Å². The van der Waals surface area contributed by atoms with Crippen molar-refractivity contribution in [1.29, 1.82) is 0 Å². The molecule has 0 saturated heterocycles. The second-order valence-corrected chi connectivity index (χ2v) is 5.54. The first-order chi connectivity index (χ1) is 9.65. The Hall–Kier alpha value is -2.15. The van der Waals surface area contributed by atoms with Crippen LogP contribution in [0.2, 0.25) is 0 Å². The van der Waals surface area contributed by atoms with E-state index in [9.17, 15) is 14.9 Å². The van der Waals surface area contributed by atoms with Crippen LogP contribution in [0.15, 0.2) is 28.2 Å². The maximum Gasteiger partial charge on any atom is 0.324 e. The van der Waals surface area contributed by atoms with Crippen LogP contribution in [-0.2, 0) is 6.42 Å². The molecule has 0 bridgehead atoms. The Balaban J connectivity index is 1.75. The van der Waals surface area contributed by atoms with Crippen LogP contribution in [0, 0.1) is 10.1 Å². The highest BCUT2D eigenvalue weighted by Crippen LogP contribution is 2.31. The quantitative estimate of drug-likeness (QED) is 0.696. The van der Waals surface area contributed by atoms with Gasteiger partial charge in [-0.25, -0.2) is 0 Å². The number of amides is 1. The molecule has 0 radical (unpaired) electrons. The number of carbonyl (C=O) groups is 1. The highest BCUT2D eigenvalue weighted by molar-refractivity contribution is 7.13. The number of aryl methyl sites for hydroxylation is 1. The summed E-state index contributed by atoms with van der Waals surface area (Å²) in [7, 11) is 0. The summed E-state index contributed by atoms with van der Waals surface area (Å²) in [6.45, 7) is 0. The molecular weight excluding hydrogens is 280 g/mol. The van der Waals surface area contributed by atoms with Crippen LogP contribution in [0.4, 0.5) is 5.00 Å². The molecule has 2 aromatic rings. The van der Waals surface area contributed by atoms with Crippen molar-refractivity contribution in [1.82, 2.24) is 5.32 Å². The predicted octanol–water partition coefficient (Wildman–Crippen LogP) is 3.06. The Morgan fingerprint density at radius 1 is 1.55 bits per heavy atom. The molecule has 0 spiro atoms. The van der Waals surface area contributed by atoms with E-state index in [1.165, 1.54) is 11.4 Å². The van der Waals surface area contributed by atoms with Gasteiger partial charge in [-0.1, -0.05) is 11.3 Å². The van der Waals surface area contributed by atoms with Gasteiger partial charge in [0.15, 0.2) is 0 Å². The SMILES string of the molecule is O=C(NC1CCCc2occc21)c1csc([N+](=O)[O-])c1. The Labute approximate surface area is 118 Å². The van der Waals surface area contributed by atoms with Crippen LogP contribution in [0.25, 0.3) is 0 Å². The van der Waals surface area contributed by atoms with Crippen LogP contribution < -0.4 is 5.32 Å². The van der Waals surface area contributed by atoms with Crippen LogP contribution in [0.1, 0.15) is 40.6 Å².